The molecule has 0 N–H and O–H groups in total. The Balaban J connectivity index is 2.10. The van der Waals surface area contributed by atoms with Crippen molar-refractivity contribution in [3.8, 4) is 17.6 Å². The minimum atomic E-state index is -0.238. The summed E-state index contributed by atoms with van der Waals surface area (Å²) < 4.78 is 10.6. The van der Waals surface area contributed by atoms with Crippen molar-refractivity contribution in [1.29, 1.82) is 5.26 Å². The van der Waals surface area contributed by atoms with Crippen molar-refractivity contribution in [2.75, 3.05) is 14.2 Å². The summed E-state index contributed by atoms with van der Waals surface area (Å²) in [6.07, 6.45) is 0.837. The van der Waals surface area contributed by atoms with Crippen LogP contribution < -0.4 is 9.47 Å². The van der Waals surface area contributed by atoms with Crippen molar-refractivity contribution >= 4 is 0 Å². The summed E-state index contributed by atoms with van der Waals surface area (Å²) in [5.74, 6) is 1.63. The van der Waals surface area contributed by atoms with Crippen molar-refractivity contribution < 1.29 is 9.47 Å². The van der Waals surface area contributed by atoms with E-state index in [-0.39, 0.29) is 11.3 Å². The van der Waals surface area contributed by atoms with E-state index in [1.165, 1.54) is 0 Å². The van der Waals surface area contributed by atoms with E-state index in [0.29, 0.717) is 0 Å². The number of benzene rings is 2. The summed E-state index contributed by atoms with van der Waals surface area (Å²) in [5, 5.41) is 9.40. The van der Waals surface area contributed by atoms with Gasteiger partial charge in [-0.15, -0.1) is 0 Å². The molecule has 21 heavy (non-hydrogen) atoms. The molecule has 1 saturated carbocycles. The van der Waals surface area contributed by atoms with Gasteiger partial charge in [-0.05, 0) is 41.8 Å². The monoisotopic (exact) mass is 279 g/mol. The number of hydrogen-bond acceptors (Lipinski definition) is 3. The Morgan fingerprint density at radius 1 is 1.00 bits per heavy atom. The Labute approximate surface area is 124 Å². The third-order valence-electron chi connectivity index (χ3n) is 4.29. The first kappa shape index (κ1) is 13.5. The molecular formula is C18H17NO2. The highest BCUT2D eigenvalue weighted by Crippen LogP contribution is 2.59. The maximum Gasteiger partial charge on any atom is 0.119 e. The lowest BCUT2D eigenvalue weighted by atomic mass is 9.85. The molecule has 1 aliphatic carbocycles. The van der Waals surface area contributed by atoms with Crippen LogP contribution in [0.1, 0.15) is 17.5 Å². The van der Waals surface area contributed by atoms with Gasteiger partial charge in [-0.3, -0.25) is 0 Å². The van der Waals surface area contributed by atoms with Gasteiger partial charge in [0.2, 0.25) is 0 Å². The fourth-order valence-electron chi connectivity index (χ4n) is 3.02. The van der Waals surface area contributed by atoms with Crippen LogP contribution >= 0.6 is 0 Å². The van der Waals surface area contributed by atoms with Gasteiger partial charge in [0, 0.05) is 5.41 Å². The van der Waals surface area contributed by atoms with Crippen LogP contribution in [-0.2, 0) is 5.41 Å². The van der Waals surface area contributed by atoms with Crippen LogP contribution in [0.2, 0.25) is 0 Å². The predicted molar refractivity (Wildman–Crippen MR) is 80.5 cm³/mol. The summed E-state index contributed by atoms with van der Waals surface area (Å²) in [4.78, 5) is 0. The molecule has 2 aromatic rings. The number of methoxy groups -OCH3 is 2. The van der Waals surface area contributed by atoms with Gasteiger partial charge in [-0.25, -0.2) is 0 Å². The van der Waals surface area contributed by atoms with Gasteiger partial charge in [0.25, 0.3) is 0 Å². The highest BCUT2D eigenvalue weighted by molar-refractivity contribution is 5.52. The maximum atomic E-state index is 9.40. The average molecular weight is 279 g/mol. The van der Waals surface area contributed by atoms with Gasteiger partial charge in [-0.1, -0.05) is 24.3 Å². The van der Waals surface area contributed by atoms with Gasteiger partial charge >= 0.3 is 0 Å². The standard InChI is InChI=1S/C18H17NO2/c1-20-16-7-3-5-13(9-16)18(11-15(18)12-19)14-6-4-8-17(10-14)21-2/h3-10,15H,11H2,1-2H3. The maximum absolute atomic E-state index is 9.40. The van der Waals surface area contributed by atoms with Crippen LogP contribution in [-0.4, -0.2) is 14.2 Å². The van der Waals surface area contributed by atoms with E-state index < -0.39 is 0 Å². The Hall–Kier alpha value is -2.47. The highest BCUT2D eigenvalue weighted by atomic mass is 16.5. The first-order chi connectivity index (χ1) is 10.2. The van der Waals surface area contributed by atoms with Gasteiger partial charge in [0.15, 0.2) is 0 Å². The minimum absolute atomic E-state index is 0.00304. The average Bonchev–Trinajstić information content (AvgIpc) is 3.31. The molecule has 3 nitrogen and oxygen atoms in total. The molecule has 2 aromatic carbocycles. The third kappa shape index (κ3) is 2.13. The zero-order chi connectivity index (χ0) is 14.9. The van der Waals surface area contributed by atoms with E-state index in [1.807, 2.05) is 36.4 Å². The summed E-state index contributed by atoms with van der Waals surface area (Å²) in [6.45, 7) is 0. The van der Waals surface area contributed by atoms with E-state index in [9.17, 15) is 5.26 Å². The number of ether oxygens (including phenoxy) is 2. The molecule has 3 rings (SSSR count). The van der Waals surface area contributed by atoms with Crippen LogP contribution in [0, 0.1) is 17.2 Å². The molecule has 1 fully saturated rings. The van der Waals surface area contributed by atoms with Gasteiger partial charge < -0.3 is 9.47 Å². The van der Waals surface area contributed by atoms with Gasteiger partial charge in [-0.2, -0.15) is 5.26 Å². The predicted octanol–water partition coefficient (Wildman–Crippen LogP) is 3.53. The summed E-state index contributed by atoms with van der Waals surface area (Å²) in [7, 11) is 3.32. The summed E-state index contributed by atoms with van der Waals surface area (Å²) in [5.41, 5.74) is 2.01. The van der Waals surface area contributed by atoms with Crippen LogP contribution in [0.4, 0.5) is 0 Å². The van der Waals surface area contributed by atoms with E-state index >= 15 is 0 Å². The highest BCUT2D eigenvalue weighted by Gasteiger charge is 2.57. The smallest absolute Gasteiger partial charge is 0.119 e. The zero-order valence-electron chi connectivity index (χ0n) is 12.2. The molecular weight excluding hydrogens is 262 g/mol. The number of hydrogen-bond donors (Lipinski definition) is 0. The van der Waals surface area contributed by atoms with E-state index in [4.69, 9.17) is 9.47 Å². The summed E-state index contributed by atoms with van der Waals surface area (Å²) >= 11 is 0. The van der Waals surface area contributed by atoms with Crippen molar-refractivity contribution in [3.05, 3.63) is 59.7 Å². The molecule has 0 radical (unpaired) electrons. The Kier molecular flexibility index (Phi) is 3.31. The second-order valence-electron chi connectivity index (χ2n) is 5.32. The summed E-state index contributed by atoms with van der Waals surface area (Å²) in [6, 6.07) is 18.4. The molecule has 1 unspecified atom stereocenters. The molecule has 0 saturated heterocycles. The van der Waals surface area contributed by atoms with Crippen LogP contribution in [0.3, 0.4) is 0 Å². The Morgan fingerprint density at radius 2 is 1.52 bits per heavy atom. The third-order valence-corrected chi connectivity index (χ3v) is 4.29. The largest absolute Gasteiger partial charge is 0.497 e. The topological polar surface area (TPSA) is 42.2 Å². The molecule has 1 atom stereocenters. The number of rotatable bonds is 4. The van der Waals surface area contributed by atoms with Gasteiger partial charge in [0.05, 0.1) is 26.2 Å². The SMILES string of the molecule is COc1cccc(C2(c3cccc(OC)c3)CC2C#N)c1. The molecule has 0 aromatic heterocycles. The molecule has 0 spiro atoms. The van der Waals surface area contributed by atoms with Crippen LogP contribution in [0.25, 0.3) is 0 Å². The van der Waals surface area contributed by atoms with Crippen molar-refractivity contribution in [2.45, 2.75) is 11.8 Å². The normalized spacial score (nSPS) is 18.6. The molecule has 3 heteroatoms. The first-order valence-electron chi connectivity index (χ1n) is 6.93. The molecule has 1 aliphatic rings. The molecule has 0 amide bonds. The molecule has 0 heterocycles. The lowest BCUT2D eigenvalue weighted by molar-refractivity contribution is 0.413. The van der Waals surface area contributed by atoms with Crippen LogP contribution in [0.5, 0.6) is 11.5 Å². The molecule has 0 bridgehead atoms. The van der Waals surface area contributed by atoms with Crippen LogP contribution in [0.15, 0.2) is 48.5 Å². The second-order valence-corrected chi connectivity index (χ2v) is 5.32. The lowest BCUT2D eigenvalue weighted by Gasteiger charge is -2.18. The molecule has 0 aliphatic heterocycles. The number of nitriles is 1. The zero-order valence-corrected chi connectivity index (χ0v) is 12.2. The minimum Gasteiger partial charge on any atom is -0.497 e. The Bertz CT molecular complexity index is 655. The molecule has 106 valence electrons. The second kappa shape index (κ2) is 5.14. The fraction of sp³-hybridized carbons (Fsp3) is 0.278. The van der Waals surface area contributed by atoms with E-state index in [2.05, 4.69) is 18.2 Å². The van der Waals surface area contributed by atoms with Gasteiger partial charge in [0.1, 0.15) is 11.5 Å². The Morgan fingerprint density at radius 3 is 1.90 bits per heavy atom. The lowest BCUT2D eigenvalue weighted by Crippen LogP contribution is -2.12. The van der Waals surface area contributed by atoms with E-state index in [1.54, 1.807) is 14.2 Å². The van der Waals surface area contributed by atoms with Crippen molar-refractivity contribution in [2.24, 2.45) is 5.92 Å². The van der Waals surface area contributed by atoms with Crippen molar-refractivity contribution in [3.63, 3.8) is 0 Å². The first-order valence-corrected chi connectivity index (χ1v) is 6.93. The number of nitrogens with zero attached hydrogens (tertiary/aromatic N) is 1. The quantitative estimate of drug-likeness (QED) is 0.859. The van der Waals surface area contributed by atoms with E-state index in [0.717, 1.165) is 29.0 Å². The fourth-order valence-corrected chi connectivity index (χ4v) is 3.02. The van der Waals surface area contributed by atoms with Crippen molar-refractivity contribution in [1.82, 2.24) is 0 Å².